The van der Waals surface area contributed by atoms with Crippen LogP contribution in [-0.2, 0) is 4.74 Å². The molecule has 160 valence electrons. The van der Waals surface area contributed by atoms with E-state index in [2.05, 4.69) is 10.6 Å². The molecule has 4 bridgehead atoms. The summed E-state index contributed by atoms with van der Waals surface area (Å²) in [4.78, 5) is 39.2. The highest BCUT2D eigenvalue weighted by atomic mass is 16.5. The van der Waals surface area contributed by atoms with Crippen molar-refractivity contribution in [3.63, 3.8) is 0 Å². The smallest absolute Gasteiger partial charge is 0.319 e. The van der Waals surface area contributed by atoms with Gasteiger partial charge in [-0.3, -0.25) is 14.5 Å². The van der Waals surface area contributed by atoms with E-state index in [1.807, 2.05) is 0 Å². The van der Waals surface area contributed by atoms with Gasteiger partial charge in [0.05, 0.1) is 11.1 Å². The molecule has 0 atom stereocenters. The Balaban J connectivity index is 1.25. The second-order valence-corrected chi connectivity index (χ2v) is 9.65. The van der Waals surface area contributed by atoms with Gasteiger partial charge in [-0.2, -0.15) is 0 Å². The van der Waals surface area contributed by atoms with Crippen LogP contribution in [0, 0.1) is 17.8 Å². The van der Waals surface area contributed by atoms with Crippen LogP contribution < -0.4 is 10.6 Å². The number of imide groups is 1. The number of urea groups is 1. The molecule has 0 radical (unpaired) electrons. The van der Waals surface area contributed by atoms with E-state index in [0.29, 0.717) is 36.4 Å². The van der Waals surface area contributed by atoms with Crippen LogP contribution in [0.25, 0.3) is 0 Å². The molecule has 4 amide bonds. The minimum absolute atomic E-state index is 0.0699. The number of carbonyl (C=O) groups excluding carboxylic acids is 3. The van der Waals surface area contributed by atoms with Crippen molar-refractivity contribution >= 4 is 23.5 Å². The summed E-state index contributed by atoms with van der Waals surface area (Å²) >= 11 is 0. The third kappa shape index (κ3) is 3.39. The molecule has 1 aromatic rings. The van der Waals surface area contributed by atoms with Crippen molar-refractivity contribution in [1.82, 2.24) is 10.2 Å². The first-order valence-electron chi connectivity index (χ1n) is 11.0. The standard InChI is InChI=1S/C23H29N3O4/c1-30-6-2-5-26-20(27)18-4-3-17(10-19(18)21(26)28)24-22(29)25-23-11-14-7-15(12-23)9-16(8-14)13-23/h3-4,10,14-16H,2,5-9,11-13H2,1H3,(H2,24,25,29). The van der Waals surface area contributed by atoms with Crippen LogP contribution in [0.15, 0.2) is 18.2 Å². The molecule has 0 unspecified atom stereocenters. The van der Waals surface area contributed by atoms with E-state index in [1.54, 1.807) is 25.3 Å². The number of rotatable bonds is 6. The highest BCUT2D eigenvalue weighted by molar-refractivity contribution is 6.21. The van der Waals surface area contributed by atoms with Gasteiger partial charge < -0.3 is 15.4 Å². The van der Waals surface area contributed by atoms with Crippen LogP contribution >= 0.6 is 0 Å². The monoisotopic (exact) mass is 411 g/mol. The van der Waals surface area contributed by atoms with Gasteiger partial charge in [-0.15, -0.1) is 0 Å². The Morgan fingerprint density at radius 1 is 1.07 bits per heavy atom. The Hall–Kier alpha value is -2.41. The Morgan fingerprint density at radius 3 is 2.33 bits per heavy atom. The van der Waals surface area contributed by atoms with E-state index in [4.69, 9.17) is 4.74 Å². The Labute approximate surface area is 176 Å². The average molecular weight is 412 g/mol. The molecule has 0 spiro atoms. The topological polar surface area (TPSA) is 87.7 Å². The molecule has 0 aromatic heterocycles. The summed E-state index contributed by atoms with van der Waals surface area (Å²) in [5, 5.41) is 6.17. The summed E-state index contributed by atoms with van der Waals surface area (Å²) in [7, 11) is 1.59. The lowest BCUT2D eigenvalue weighted by Crippen LogP contribution is -2.60. The molecule has 0 saturated heterocycles. The molecule has 4 aliphatic carbocycles. The zero-order chi connectivity index (χ0) is 20.9. The van der Waals surface area contributed by atoms with Gasteiger partial charge in [0.25, 0.3) is 11.8 Å². The number of amides is 4. The van der Waals surface area contributed by atoms with Gasteiger partial charge in [0.15, 0.2) is 0 Å². The quantitative estimate of drug-likeness (QED) is 0.555. The van der Waals surface area contributed by atoms with Crippen molar-refractivity contribution in [2.24, 2.45) is 17.8 Å². The highest BCUT2D eigenvalue weighted by Gasteiger charge is 2.51. The maximum atomic E-state index is 12.8. The lowest BCUT2D eigenvalue weighted by molar-refractivity contribution is -0.0127. The number of ether oxygens (including phenoxy) is 1. The Bertz CT molecular complexity index is 861. The summed E-state index contributed by atoms with van der Waals surface area (Å²) in [6.45, 7) is 0.820. The maximum Gasteiger partial charge on any atom is 0.319 e. The molecule has 2 N–H and O–H groups in total. The Kier molecular flexibility index (Phi) is 4.81. The number of carbonyl (C=O) groups is 3. The zero-order valence-corrected chi connectivity index (χ0v) is 17.4. The lowest BCUT2D eigenvalue weighted by atomic mass is 9.53. The number of nitrogens with one attached hydrogen (secondary N) is 2. The van der Waals surface area contributed by atoms with E-state index in [9.17, 15) is 14.4 Å². The van der Waals surface area contributed by atoms with Crippen LogP contribution in [0.3, 0.4) is 0 Å². The molecule has 1 aliphatic heterocycles. The minimum Gasteiger partial charge on any atom is -0.385 e. The highest BCUT2D eigenvalue weighted by Crippen LogP contribution is 2.55. The molecular weight excluding hydrogens is 382 g/mol. The second-order valence-electron chi connectivity index (χ2n) is 9.65. The SMILES string of the molecule is COCCCN1C(=O)c2ccc(NC(=O)NC34CC5CC(CC(C5)C3)C4)cc2C1=O. The van der Waals surface area contributed by atoms with Gasteiger partial charge >= 0.3 is 6.03 Å². The van der Waals surface area contributed by atoms with Crippen molar-refractivity contribution < 1.29 is 19.1 Å². The number of nitrogens with zero attached hydrogens (tertiary/aromatic N) is 1. The van der Waals surface area contributed by atoms with Crippen LogP contribution in [0.4, 0.5) is 10.5 Å². The molecule has 4 saturated carbocycles. The summed E-state index contributed by atoms with van der Waals surface area (Å²) in [6.07, 6.45) is 7.82. The van der Waals surface area contributed by atoms with E-state index >= 15 is 0 Å². The largest absolute Gasteiger partial charge is 0.385 e. The average Bonchev–Trinajstić information content (AvgIpc) is 2.91. The number of benzene rings is 1. The van der Waals surface area contributed by atoms with Crippen molar-refractivity contribution in [2.45, 2.75) is 50.5 Å². The summed E-state index contributed by atoms with van der Waals surface area (Å²) in [5.74, 6) is 1.67. The number of hydrogen-bond acceptors (Lipinski definition) is 4. The van der Waals surface area contributed by atoms with Crippen molar-refractivity contribution in [1.29, 1.82) is 0 Å². The third-order valence-electron chi connectivity index (χ3n) is 7.38. The van der Waals surface area contributed by atoms with Gasteiger partial charge in [-0.05, 0) is 80.9 Å². The molecular formula is C23H29N3O4. The number of anilines is 1. The van der Waals surface area contributed by atoms with Crippen LogP contribution in [0.2, 0.25) is 0 Å². The van der Waals surface area contributed by atoms with Gasteiger partial charge in [0.1, 0.15) is 0 Å². The van der Waals surface area contributed by atoms with Gasteiger partial charge in [0, 0.05) is 31.5 Å². The Morgan fingerprint density at radius 2 is 1.70 bits per heavy atom. The fourth-order valence-corrected chi connectivity index (χ4v) is 6.61. The van der Waals surface area contributed by atoms with E-state index in [-0.39, 0.29) is 23.4 Å². The van der Waals surface area contributed by atoms with Crippen molar-refractivity contribution in [2.75, 3.05) is 25.6 Å². The molecule has 1 heterocycles. The van der Waals surface area contributed by atoms with Crippen molar-refractivity contribution in [3.05, 3.63) is 29.3 Å². The third-order valence-corrected chi connectivity index (χ3v) is 7.38. The van der Waals surface area contributed by atoms with Gasteiger partial charge in [-0.1, -0.05) is 0 Å². The lowest BCUT2D eigenvalue weighted by Gasteiger charge is -2.56. The van der Waals surface area contributed by atoms with Crippen LogP contribution in [0.1, 0.15) is 65.7 Å². The predicted octanol–water partition coefficient (Wildman–Crippen LogP) is 3.41. The fourth-order valence-electron chi connectivity index (χ4n) is 6.61. The van der Waals surface area contributed by atoms with Crippen LogP contribution in [-0.4, -0.2) is 48.5 Å². The number of methoxy groups -OCH3 is 1. The second kappa shape index (κ2) is 7.38. The first-order valence-corrected chi connectivity index (χ1v) is 11.0. The molecule has 7 nitrogen and oxygen atoms in total. The molecule has 4 fully saturated rings. The summed E-state index contributed by atoms with van der Waals surface area (Å²) in [5.41, 5.74) is 1.21. The number of fused-ring (bicyclic) bond motifs is 1. The first kappa shape index (κ1) is 19.5. The zero-order valence-electron chi connectivity index (χ0n) is 17.4. The van der Waals surface area contributed by atoms with Crippen molar-refractivity contribution in [3.8, 4) is 0 Å². The fraction of sp³-hybridized carbons (Fsp3) is 0.609. The first-order chi connectivity index (χ1) is 14.5. The van der Waals surface area contributed by atoms with Crippen LogP contribution in [0.5, 0.6) is 0 Å². The minimum atomic E-state index is -0.309. The molecule has 6 rings (SSSR count). The number of hydrogen-bond donors (Lipinski definition) is 2. The normalized spacial score (nSPS) is 31.2. The molecule has 1 aromatic carbocycles. The summed E-state index contributed by atoms with van der Waals surface area (Å²) in [6, 6.07) is 4.73. The maximum absolute atomic E-state index is 12.8. The molecule has 30 heavy (non-hydrogen) atoms. The van der Waals surface area contributed by atoms with Gasteiger partial charge in [-0.25, -0.2) is 4.79 Å². The predicted molar refractivity (Wildman–Crippen MR) is 111 cm³/mol. The molecule has 5 aliphatic rings. The van der Waals surface area contributed by atoms with E-state index in [1.165, 1.54) is 24.2 Å². The van der Waals surface area contributed by atoms with Gasteiger partial charge in [0.2, 0.25) is 0 Å². The van der Waals surface area contributed by atoms with E-state index in [0.717, 1.165) is 37.0 Å². The molecule has 7 heteroatoms. The summed E-state index contributed by atoms with van der Waals surface area (Å²) < 4.78 is 5.01. The van der Waals surface area contributed by atoms with E-state index < -0.39 is 0 Å².